The van der Waals surface area contributed by atoms with Crippen molar-refractivity contribution in [1.29, 1.82) is 5.26 Å². The Bertz CT molecular complexity index is 1360. The number of hydrogen-bond donors (Lipinski definition) is 1. The van der Waals surface area contributed by atoms with Gasteiger partial charge < -0.3 is 10.2 Å². The van der Waals surface area contributed by atoms with Gasteiger partial charge >= 0.3 is 0 Å². The van der Waals surface area contributed by atoms with Crippen molar-refractivity contribution in [3.8, 4) is 6.07 Å². The molecule has 1 aromatic heterocycles. The van der Waals surface area contributed by atoms with E-state index in [1.165, 1.54) is 16.5 Å². The number of nitrogens with one attached hydrogen (secondary N) is 1. The third kappa shape index (κ3) is 5.24. The molecule has 0 radical (unpaired) electrons. The van der Waals surface area contributed by atoms with Gasteiger partial charge in [0, 0.05) is 42.3 Å². The number of nitrogens with zero attached hydrogens (tertiary/aromatic N) is 3. The molecule has 1 N–H and O–H groups in total. The van der Waals surface area contributed by atoms with Gasteiger partial charge in [0.25, 0.3) is 5.91 Å². The standard InChI is InChI=1S/C30H28N4O/c31-20-23-9-6-10-24(17-23)30(35)34-16-14-26(19-27(34)18-22-7-2-1-3-8-22)33-21-25-13-15-32-29-12-5-4-11-28(25)29/h1-13,15,17,26-27,33H,14,16,18-19,21H2. The van der Waals surface area contributed by atoms with Gasteiger partial charge in [-0.1, -0.05) is 54.6 Å². The largest absolute Gasteiger partial charge is 0.335 e. The van der Waals surface area contributed by atoms with Gasteiger partial charge in [0.1, 0.15) is 0 Å². The highest BCUT2D eigenvalue weighted by Crippen LogP contribution is 2.25. The van der Waals surface area contributed by atoms with Gasteiger partial charge in [-0.3, -0.25) is 9.78 Å². The van der Waals surface area contributed by atoms with E-state index in [2.05, 4.69) is 46.7 Å². The van der Waals surface area contributed by atoms with Crippen molar-refractivity contribution in [2.24, 2.45) is 0 Å². The molecule has 5 heteroatoms. The van der Waals surface area contributed by atoms with Crippen LogP contribution in [0.2, 0.25) is 0 Å². The Morgan fingerprint density at radius 1 is 1.03 bits per heavy atom. The second-order valence-electron chi connectivity index (χ2n) is 9.12. The van der Waals surface area contributed by atoms with Crippen molar-refractivity contribution in [2.75, 3.05) is 6.54 Å². The molecular weight excluding hydrogens is 432 g/mol. The average molecular weight is 461 g/mol. The van der Waals surface area contributed by atoms with Crippen LogP contribution in [0.5, 0.6) is 0 Å². The number of aromatic nitrogens is 1. The molecule has 5 nitrogen and oxygen atoms in total. The number of para-hydroxylation sites is 1. The number of likely N-dealkylation sites (tertiary alicyclic amines) is 1. The number of fused-ring (bicyclic) bond motifs is 1. The summed E-state index contributed by atoms with van der Waals surface area (Å²) in [6, 6.07) is 30.2. The van der Waals surface area contributed by atoms with Crippen LogP contribution in [0.1, 0.15) is 39.9 Å². The molecule has 0 aliphatic carbocycles. The summed E-state index contributed by atoms with van der Waals surface area (Å²) in [6.45, 7) is 1.45. The molecule has 174 valence electrons. The van der Waals surface area contributed by atoms with E-state index in [-0.39, 0.29) is 11.9 Å². The number of piperidine rings is 1. The molecule has 0 spiro atoms. The lowest BCUT2D eigenvalue weighted by molar-refractivity contribution is 0.0576. The number of carbonyl (C=O) groups excluding carboxylic acids is 1. The van der Waals surface area contributed by atoms with Crippen molar-refractivity contribution in [2.45, 2.75) is 37.9 Å². The van der Waals surface area contributed by atoms with E-state index in [0.717, 1.165) is 31.3 Å². The maximum absolute atomic E-state index is 13.5. The van der Waals surface area contributed by atoms with Crippen LogP contribution in [0, 0.1) is 11.3 Å². The zero-order valence-corrected chi connectivity index (χ0v) is 19.6. The summed E-state index contributed by atoms with van der Waals surface area (Å²) in [5.41, 5.74) is 4.56. The molecule has 2 atom stereocenters. The number of rotatable bonds is 6. The Morgan fingerprint density at radius 3 is 2.71 bits per heavy atom. The molecular formula is C30H28N4O. The van der Waals surface area contributed by atoms with Gasteiger partial charge in [0.2, 0.25) is 0 Å². The number of pyridine rings is 1. The molecule has 5 rings (SSSR count). The average Bonchev–Trinajstić information content (AvgIpc) is 2.92. The maximum atomic E-state index is 13.5. The highest BCUT2D eigenvalue weighted by atomic mass is 16.2. The monoisotopic (exact) mass is 460 g/mol. The third-order valence-corrected chi connectivity index (χ3v) is 6.85. The van der Waals surface area contributed by atoms with Crippen molar-refractivity contribution in [3.05, 3.63) is 113 Å². The van der Waals surface area contributed by atoms with Crippen LogP contribution in [-0.4, -0.2) is 34.4 Å². The van der Waals surface area contributed by atoms with Crippen molar-refractivity contribution >= 4 is 16.8 Å². The number of nitriles is 1. The van der Waals surface area contributed by atoms with Gasteiger partial charge in [-0.15, -0.1) is 0 Å². The van der Waals surface area contributed by atoms with Gasteiger partial charge in [-0.25, -0.2) is 0 Å². The van der Waals surface area contributed by atoms with E-state index in [1.54, 1.807) is 18.2 Å². The van der Waals surface area contributed by atoms with Crippen LogP contribution < -0.4 is 5.32 Å². The summed E-state index contributed by atoms with van der Waals surface area (Å²) in [6.07, 6.45) is 4.44. The second-order valence-corrected chi connectivity index (χ2v) is 9.12. The van der Waals surface area contributed by atoms with Crippen LogP contribution in [0.3, 0.4) is 0 Å². The minimum Gasteiger partial charge on any atom is -0.335 e. The fourth-order valence-electron chi connectivity index (χ4n) is 5.03. The lowest BCUT2D eigenvalue weighted by atomic mass is 9.91. The van der Waals surface area contributed by atoms with Crippen molar-refractivity contribution < 1.29 is 4.79 Å². The van der Waals surface area contributed by atoms with E-state index < -0.39 is 0 Å². The maximum Gasteiger partial charge on any atom is 0.254 e. The predicted octanol–water partition coefficient (Wildman–Crippen LogP) is 5.11. The molecule has 35 heavy (non-hydrogen) atoms. The molecule has 1 amide bonds. The normalized spacial score (nSPS) is 17.7. The fraction of sp³-hybridized carbons (Fsp3) is 0.233. The minimum atomic E-state index is 0.00149. The van der Waals surface area contributed by atoms with Crippen molar-refractivity contribution in [3.63, 3.8) is 0 Å². The first-order valence-electron chi connectivity index (χ1n) is 12.1. The van der Waals surface area contributed by atoms with Gasteiger partial charge in [0.05, 0.1) is 17.1 Å². The Hall–Kier alpha value is -4.01. The van der Waals surface area contributed by atoms with E-state index in [4.69, 9.17) is 0 Å². The Morgan fingerprint density at radius 2 is 1.86 bits per heavy atom. The molecule has 3 aromatic carbocycles. The van der Waals surface area contributed by atoms with Crippen LogP contribution in [-0.2, 0) is 13.0 Å². The van der Waals surface area contributed by atoms with Crippen LogP contribution in [0.25, 0.3) is 10.9 Å². The summed E-state index contributed by atoms with van der Waals surface area (Å²) < 4.78 is 0. The zero-order chi connectivity index (χ0) is 24.0. The lowest BCUT2D eigenvalue weighted by Crippen LogP contribution is -2.51. The van der Waals surface area contributed by atoms with Gasteiger partial charge in [-0.05, 0) is 60.7 Å². The highest BCUT2D eigenvalue weighted by molar-refractivity contribution is 5.95. The van der Waals surface area contributed by atoms with Gasteiger partial charge in [0.15, 0.2) is 0 Å². The number of amides is 1. The van der Waals surface area contributed by atoms with Gasteiger partial charge in [-0.2, -0.15) is 5.26 Å². The zero-order valence-electron chi connectivity index (χ0n) is 19.6. The lowest BCUT2D eigenvalue weighted by Gasteiger charge is -2.40. The summed E-state index contributed by atoms with van der Waals surface area (Å²) >= 11 is 0. The number of benzene rings is 3. The van der Waals surface area contributed by atoms with Crippen LogP contribution in [0.4, 0.5) is 0 Å². The van der Waals surface area contributed by atoms with E-state index in [9.17, 15) is 10.1 Å². The fourth-order valence-corrected chi connectivity index (χ4v) is 5.03. The summed E-state index contributed by atoms with van der Waals surface area (Å²) in [7, 11) is 0. The van der Waals surface area contributed by atoms with E-state index in [0.29, 0.717) is 23.7 Å². The molecule has 1 aliphatic heterocycles. The SMILES string of the molecule is N#Cc1cccc(C(=O)N2CCC(NCc3ccnc4ccccc34)CC2Cc2ccccc2)c1. The molecule has 1 aliphatic rings. The molecule has 0 bridgehead atoms. The minimum absolute atomic E-state index is 0.00149. The molecule has 2 unspecified atom stereocenters. The van der Waals surface area contributed by atoms with Crippen LogP contribution in [0.15, 0.2) is 91.1 Å². The topological polar surface area (TPSA) is 69.0 Å². The predicted molar refractivity (Wildman–Crippen MR) is 138 cm³/mol. The molecule has 1 saturated heterocycles. The second kappa shape index (κ2) is 10.5. The first-order chi connectivity index (χ1) is 17.2. The smallest absolute Gasteiger partial charge is 0.254 e. The third-order valence-electron chi connectivity index (χ3n) is 6.85. The first kappa shape index (κ1) is 22.8. The Kier molecular flexibility index (Phi) is 6.83. The first-order valence-corrected chi connectivity index (χ1v) is 12.1. The quantitative estimate of drug-likeness (QED) is 0.434. The highest BCUT2D eigenvalue weighted by Gasteiger charge is 2.32. The van der Waals surface area contributed by atoms with E-state index in [1.807, 2.05) is 47.5 Å². The Labute approximate surface area is 206 Å². The molecule has 4 aromatic rings. The van der Waals surface area contributed by atoms with Crippen molar-refractivity contribution in [1.82, 2.24) is 15.2 Å². The summed E-state index contributed by atoms with van der Waals surface area (Å²) in [5, 5.41) is 14.2. The van der Waals surface area contributed by atoms with E-state index >= 15 is 0 Å². The summed E-state index contributed by atoms with van der Waals surface area (Å²) in [5.74, 6) is 0.00149. The molecule has 2 heterocycles. The number of carbonyl (C=O) groups is 1. The molecule has 1 fully saturated rings. The molecule has 0 saturated carbocycles. The van der Waals surface area contributed by atoms with Crippen LogP contribution >= 0.6 is 0 Å². The number of hydrogen-bond acceptors (Lipinski definition) is 4. The Balaban J connectivity index is 1.33. The summed E-state index contributed by atoms with van der Waals surface area (Å²) in [4.78, 5) is 20.0.